The summed E-state index contributed by atoms with van der Waals surface area (Å²) in [6, 6.07) is 21.5. The molecule has 0 amide bonds. The van der Waals surface area contributed by atoms with Gasteiger partial charge in [0.2, 0.25) is 0 Å². The van der Waals surface area contributed by atoms with Gasteiger partial charge in [0.25, 0.3) is 0 Å². The largest absolute Gasteiger partial charge is 0.512 e. The summed E-state index contributed by atoms with van der Waals surface area (Å²) in [6.45, 7) is 21.3. The summed E-state index contributed by atoms with van der Waals surface area (Å²) < 4.78 is 0. The SMILES string of the molecule is CC(C)Cc1cc2c3c(nccc3c1)-c1[c-]c3ccccc3cc1C2(C)C.CCC(C)(CC)C(=O)/C=C(\O)C(C)(CC)CC.[Ir]. The summed E-state index contributed by atoms with van der Waals surface area (Å²) in [5.74, 6) is 0.931. The van der Waals surface area contributed by atoms with Gasteiger partial charge in [0.15, 0.2) is 5.78 Å². The predicted octanol–water partition coefficient (Wildman–Crippen LogP) is 11.3. The quantitative estimate of drug-likeness (QED) is 0.105. The Hall–Kier alpha value is -2.81. The number of pyridine rings is 1. The number of benzene rings is 3. The van der Waals surface area contributed by atoms with Crippen LogP contribution in [0.5, 0.6) is 0 Å². The van der Waals surface area contributed by atoms with Crippen molar-refractivity contribution in [2.45, 2.75) is 107 Å². The summed E-state index contributed by atoms with van der Waals surface area (Å²) in [5, 5.41) is 15.1. The first-order chi connectivity index (χ1) is 20.7. The summed E-state index contributed by atoms with van der Waals surface area (Å²) >= 11 is 0. The monoisotopic (exact) mass is 783 g/mol. The molecule has 0 spiro atoms. The van der Waals surface area contributed by atoms with Crippen LogP contribution in [0.4, 0.5) is 0 Å². The topological polar surface area (TPSA) is 50.2 Å². The Balaban J connectivity index is 0.000000270. The van der Waals surface area contributed by atoms with Crippen LogP contribution in [0.2, 0.25) is 0 Å². The first-order valence-corrected chi connectivity index (χ1v) is 16.6. The molecule has 1 radical (unpaired) electrons. The van der Waals surface area contributed by atoms with E-state index < -0.39 is 0 Å². The van der Waals surface area contributed by atoms with Crippen molar-refractivity contribution in [3.63, 3.8) is 0 Å². The van der Waals surface area contributed by atoms with Crippen LogP contribution in [-0.2, 0) is 36.7 Å². The van der Waals surface area contributed by atoms with Crippen LogP contribution in [-0.4, -0.2) is 15.9 Å². The molecule has 0 unspecified atom stereocenters. The van der Waals surface area contributed by atoms with E-state index in [0.29, 0.717) is 5.92 Å². The predicted molar refractivity (Wildman–Crippen MR) is 187 cm³/mol. The Labute approximate surface area is 285 Å². The van der Waals surface area contributed by atoms with Crippen molar-refractivity contribution < 1.29 is 30.0 Å². The molecule has 1 aliphatic rings. The summed E-state index contributed by atoms with van der Waals surface area (Å²) in [7, 11) is 0. The van der Waals surface area contributed by atoms with Crippen LogP contribution in [0.25, 0.3) is 32.8 Å². The van der Waals surface area contributed by atoms with Gasteiger partial charge in [-0.25, -0.2) is 0 Å². The Morgan fingerprint density at radius 3 is 2.13 bits per heavy atom. The van der Waals surface area contributed by atoms with Gasteiger partial charge in [-0.2, -0.15) is 0 Å². The Bertz CT molecular complexity index is 1690. The molecule has 1 heterocycles. The molecule has 45 heavy (non-hydrogen) atoms. The number of nitrogens with zero attached hydrogens (tertiary/aromatic N) is 1. The Kier molecular flexibility index (Phi) is 11.7. The van der Waals surface area contributed by atoms with E-state index in [1.54, 1.807) is 0 Å². The molecule has 4 aromatic rings. The molecule has 0 atom stereocenters. The van der Waals surface area contributed by atoms with Crippen molar-refractivity contribution in [2.75, 3.05) is 0 Å². The minimum Gasteiger partial charge on any atom is -0.512 e. The number of aliphatic hydroxyl groups excluding tert-OH is 1. The van der Waals surface area contributed by atoms with Gasteiger partial charge in [0.1, 0.15) is 5.76 Å². The average molecular weight is 783 g/mol. The standard InChI is InChI=1S/C26H24N.C15H28O2.Ir/c1-16(2)11-17-12-20-9-10-27-25-21-14-18-7-5-6-8-19(18)15-22(21)26(3,4)23(13-17)24(20)25;1-7-14(5,8-2)12(16)11-13(17)15(6,9-3)10-4;/h5-10,12-13,15-16H,11H2,1-4H3;11,16H,7-10H2,1-6H3;/q-1;;/b;12-11-;. The molecule has 1 aromatic heterocycles. The van der Waals surface area contributed by atoms with Crippen LogP contribution in [0.1, 0.15) is 112 Å². The van der Waals surface area contributed by atoms with Gasteiger partial charge < -0.3 is 5.11 Å². The van der Waals surface area contributed by atoms with Crippen LogP contribution in [0.3, 0.4) is 0 Å². The molecule has 0 saturated heterocycles. The second-order valence-corrected chi connectivity index (χ2v) is 14.2. The number of carbonyl (C=O) groups is 1. The second-order valence-electron chi connectivity index (χ2n) is 14.2. The van der Waals surface area contributed by atoms with Gasteiger partial charge in [-0.15, -0.1) is 23.6 Å². The number of fused-ring (bicyclic) bond motifs is 3. The van der Waals surface area contributed by atoms with Crippen LogP contribution < -0.4 is 0 Å². The third kappa shape index (κ3) is 7.13. The maximum atomic E-state index is 12.2. The van der Waals surface area contributed by atoms with Gasteiger partial charge in [-0.05, 0) is 71.4 Å². The minimum absolute atomic E-state index is 0. The minimum atomic E-state index is -0.337. The first-order valence-electron chi connectivity index (χ1n) is 16.6. The molecular weight excluding hydrogens is 731 g/mol. The number of hydrogen-bond donors (Lipinski definition) is 1. The molecule has 3 nitrogen and oxygen atoms in total. The van der Waals surface area contributed by atoms with Crippen molar-refractivity contribution in [3.8, 4) is 11.3 Å². The van der Waals surface area contributed by atoms with Gasteiger partial charge in [0.05, 0.1) is 0 Å². The Morgan fingerprint density at radius 1 is 0.911 bits per heavy atom. The van der Waals surface area contributed by atoms with Crippen molar-refractivity contribution in [1.82, 2.24) is 4.98 Å². The molecule has 3 aromatic carbocycles. The number of aromatic nitrogens is 1. The maximum Gasteiger partial charge on any atom is 0.164 e. The van der Waals surface area contributed by atoms with E-state index in [-0.39, 0.29) is 47.9 Å². The molecule has 1 N–H and O–H groups in total. The first kappa shape index (κ1) is 36.7. The van der Waals surface area contributed by atoms with Gasteiger partial charge in [-0.3, -0.25) is 9.78 Å². The number of ketones is 1. The average Bonchev–Trinajstić information content (AvgIpc) is 3.01. The van der Waals surface area contributed by atoms with E-state index in [0.717, 1.165) is 48.7 Å². The summed E-state index contributed by atoms with van der Waals surface area (Å²) in [6.07, 6.45) is 7.81. The number of hydrogen-bond acceptors (Lipinski definition) is 3. The molecule has 243 valence electrons. The fourth-order valence-electron chi connectivity index (χ4n) is 6.33. The molecular formula is C41H52IrNO2-. The van der Waals surface area contributed by atoms with Crippen molar-refractivity contribution in [2.24, 2.45) is 16.7 Å². The molecule has 0 fully saturated rings. The summed E-state index contributed by atoms with van der Waals surface area (Å²) in [5.41, 5.74) is 5.72. The second kappa shape index (κ2) is 14.3. The van der Waals surface area contributed by atoms with E-state index in [1.165, 1.54) is 38.9 Å². The van der Waals surface area contributed by atoms with Crippen molar-refractivity contribution in [3.05, 3.63) is 89.3 Å². The van der Waals surface area contributed by atoms with E-state index in [4.69, 9.17) is 4.98 Å². The zero-order chi connectivity index (χ0) is 32.4. The molecule has 0 aliphatic heterocycles. The Morgan fingerprint density at radius 2 is 1.53 bits per heavy atom. The van der Waals surface area contributed by atoms with E-state index in [9.17, 15) is 9.90 Å². The van der Waals surface area contributed by atoms with Crippen LogP contribution in [0.15, 0.2) is 66.6 Å². The van der Waals surface area contributed by atoms with E-state index >= 15 is 0 Å². The molecule has 1 aliphatic carbocycles. The van der Waals surface area contributed by atoms with E-state index in [2.05, 4.69) is 82.3 Å². The van der Waals surface area contributed by atoms with Crippen LogP contribution in [0, 0.1) is 22.8 Å². The third-order valence-corrected chi connectivity index (χ3v) is 10.5. The number of carbonyl (C=O) groups excluding carboxylic acids is 1. The van der Waals surface area contributed by atoms with Crippen molar-refractivity contribution in [1.29, 1.82) is 0 Å². The van der Waals surface area contributed by atoms with Crippen molar-refractivity contribution >= 4 is 27.3 Å². The van der Waals surface area contributed by atoms with E-state index in [1.807, 2.05) is 47.7 Å². The number of aliphatic hydroxyl groups is 1. The van der Waals surface area contributed by atoms with Gasteiger partial charge in [0, 0.05) is 48.9 Å². The smallest absolute Gasteiger partial charge is 0.164 e. The normalized spacial score (nSPS) is 14.1. The zero-order valence-corrected chi connectivity index (χ0v) is 31.4. The van der Waals surface area contributed by atoms with Gasteiger partial charge in [-0.1, -0.05) is 116 Å². The maximum absolute atomic E-state index is 12.2. The molecule has 5 rings (SSSR count). The summed E-state index contributed by atoms with van der Waals surface area (Å²) in [4.78, 5) is 17.0. The number of rotatable bonds is 9. The van der Waals surface area contributed by atoms with Crippen LogP contribution >= 0.6 is 0 Å². The third-order valence-electron chi connectivity index (χ3n) is 10.5. The zero-order valence-electron chi connectivity index (χ0n) is 29.0. The molecule has 0 bridgehead atoms. The number of allylic oxidation sites excluding steroid dienone is 2. The molecule has 4 heteroatoms. The fourth-order valence-corrected chi connectivity index (χ4v) is 6.33. The fraction of sp³-hybridized carbons (Fsp3) is 0.463. The van der Waals surface area contributed by atoms with Gasteiger partial charge >= 0.3 is 0 Å². The molecule has 0 saturated carbocycles.